The SMILES string of the molecule is Cc1cc(C=NNC(=S)Nc2ccccc2C)c(O)c(/C=N\NC(=S)Nc2ccccc2C)c1. The van der Waals surface area contributed by atoms with Crippen LogP contribution in [0.15, 0.2) is 70.9 Å². The Hall–Kier alpha value is -3.82. The second-order valence-electron chi connectivity index (χ2n) is 7.57. The summed E-state index contributed by atoms with van der Waals surface area (Å²) in [5, 5.41) is 25.8. The quantitative estimate of drug-likeness (QED) is 0.189. The highest BCUT2D eigenvalue weighted by molar-refractivity contribution is 7.80. The van der Waals surface area contributed by atoms with Gasteiger partial charge in [0.1, 0.15) is 5.75 Å². The van der Waals surface area contributed by atoms with Gasteiger partial charge in [-0.25, -0.2) is 0 Å². The summed E-state index contributed by atoms with van der Waals surface area (Å²) in [5.41, 5.74) is 11.4. The molecule has 0 heterocycles. The molecule has 9 heteroatoms. The van der Waals surface area contributed by atoms with Gasteiger partial charge >= 0.3 is 0 Å². The first-order valence-corrected chi connectivity index (χ1v) is 11.3. The number of nitrogens with zero attached hydrogens (tertiary/aromatic N) is 2. The van der Waals surface area contributed by atoms with Gasteiger partial charge in [-0.05, 0) is 86.2 Å². The van der Waals surface area contributed by atoms with E-state index >= 15 is 0 Å². The van der Waals surface area contributed by atoms with Crippen molar-refractivity contribution in [2.45, 2.75) is 20.8 Å². The van der Waals surface area contributed by atoms with Gasteiger partial charge in [0.25, 0.3) is 0 Å². The van der Waals surface area contributed by atoms with E-state index in [1.807, 2.05) is 81.4 Å². The summed E-state index contributed by atoms with van der Waals surface area (Å²) in [4.78, 5) is 0. The molecule has 5 N–H and O–H groups in total. The first-order valence-electron chi connectivity index (χ1n) is 10.5. The van der Waals surface area contributed by atoms with Crippen molar-refractivity contribution in [2.24, 2.45) is 10.2 Å². The fourth-order valence-electron chi connectivity index (χ4n) is 3.08. The molecule has 3 rings (SSSR count). The maximum Gasteiger partial charge on any atom is 0.191 e. The standard InChI is InChI=1S/C25H26N6OS2/c1-16-12-19(14-26-30-24(33)28-21-10-6-4-8-17(21)2)23(32)20(13-16)15-27-31-25(34)29-22-11-7-5-9-18(22)3/h4-15,32H,1-3H3,(H2,28,30,33)(H2,29,31,34)/b26-14-,27-15?. The van der Waals surface area contributed by atoms with Crippen LogP contribution in [0.1, 0.15) is 27.8 Å². The second-order valence-corrected chi connectivity index (χ2v) is 8.39. The summed E-state index contributed by atoms with van der Waals surface area (Å²) < 4.78 is 0. The third-order valence-electron chi connectivity index (χ3n) is 4.84. The molecule has 3 aromatic rings. The van der Waals surface area contributed by atoms with Gasteiger partial charge in [0.05, 0.1) is 12.4 Å². The van der Waals surface area contributed by atoms with Gasteiger partial charge in [0.2, 0.25) is 0 Å². The summed E-state index contributed by atoms with van der Waals surface area (Å²) in [6.45, 7) is 5.90. The summed E-state index contributed by atoms with van der Waals surface area (Å²) >= 11 is 10.6. The Kier molecular flexibility index (Phi) is 8.66. The molecule has 0 radical (unpaired) electrons. The van der Waals surface area contributed by atoms with E-state index in [0.29, 0.717) is 21.4 Å². The predicted molar refractivity (Wildman–Crippen MR) is 149 cm³/mol. The fraction of sp³-hybridized carbons (Fsp3) is 0.120. The molecule has 0 fully saturated rings. The van der Waals surface area contributed by atoms with Crippen LogP contribution in [0.3, 0.4) is 0 Å². The van der Waals surface area contributed by atoms with Gasteiger partial charge in [-0.2, -0.15) is 10.2 Å². The average molecular weight is 491 g/mol. The number of anilines is 2. The van der Waals surface area contributed by atoms with Crippen LogP contribution >= 0.6 is 24.4 Å². The first-order chi connectivity index (χ1) is 16.3. The summed E-state index contributed by atoms with van der Waals surface area (Å²) in [6, 6.07) is 19.2. The molecule has 174 valence electrons. The second kappa shape index (κ2) is 11.9. The molecule has 0 aliphatic carbocycles. The summed E-state index contributed by atoms with van der Waals surface area (Å²) in [6.07, 6.45) is 3.01. The van der Waals surface area contributed by atoms with Crippen LogP contribution in [0.5, 0.6) is 5.75 Å². The molecule has 0 aliphatic rings. The molecular weight excluding hydrogens is 464 g/mol. The molecule has 7 nitrogen and oxygen atoms in total. The van der Waals surface area contributed by atoms with Crippen LogP contribution in [0.4, 0.5) is 11.4 Å². The fourth-order valence-corrected chi connectivity index (χ4v) is 3.41. The lowest BCUT2D eigenvalue weighted by Crippen LogP contribution is -2.24. The summed E-state index contributed by atoms with van der Waals surface area (Å²) in [7, 11) is 0. The number of rotatable bonds is 6. The number of nitrogens with one attached hydrogen (secondary N) is 4. The molecule has 0 amide bonds. The molecule has 34 heavy (non-hydrogen) atoms. The van der Waals surface area contributed by atoms with Crippen molar-refractivity contribution >= 4 is 58.5 Å². The molecule has 0 saturated heterocycles. The molecule has 0 aromatic heterocycles. The molecule has 0 aliphatic heterocycles. The van der Waals surface area contributed by atoms with Crippen molar-refractivity contribution < 1.29 is 5.11 Å². The Bertz CT molecular complexity index is 1160. The smallest absolute Gasteiger partial charge is 0.191 e. The third-order valence-corrected chi connectivity index (χ3v) is 5.23. The summed E-state index contributed by atoms with van der Waals surface area (Å²) in [5.74, 6) is 0.0391. The van der Waals surface area contributed by atoms with Crippen molar-refractivity contribution in [1.29, 1.82) is 0 Å². The van der Waals surface area contributed by atoms with Gasteiger partial charge in [0.15, 0.2) is 10.2 Å². The van der Waals surface area contributed by atoms with Gasteiger partial charge < -0.3 is 15.7 Å². The van der Waals surface area contributed by atoms with Crippen LogP contribution < -0.4 is 21.5 Å². The molecule has 0 bridgehead atoms. The topological polar surface area (TPSA) is 93.1 Å². The number of phenols is 1. The predicted octanol–water partition coefficient (Wildman–Crippen LogP) is 4.96. The Labute approximate surface area is 210 Å². The zero-order chi connectivity index (χ0) is 24.5. The highest BCUT2D eigenvalue weighted by Gasteiger charge is 2.07. The number of thiocarbonyl (C=S) groups is 2. The van der Waals surface area contributed by atoms with Crippen molar-refractivity contribution in [3.05, 3.63) is 88.5 Å². The van der Waals surface area contributed by atoms with Crippen molar-refractivity contribution in [3.8, 4) is 5.75 Å². The Morgan fingerprint density at radius 1 is 0.735 bits per heavy atom. The van der Waals surface area contributed by atoms with Crippen LogP contribution in [0, 0.1) is 20.8 Å². The molecule has 0 spiro atoms. The molecule has 0 atom stereocenters. The minimum Gasteiger partial charge on any atom is -0.507 e. The number of phenolic OH excluding ortho intramolecular Hbond substituents is 1. The zero-order valence-corrected chi connectivity index (χ0v) is 20.7. The Morgan fingerprint density at radius 2 is 1.15 bits per heavy atom. The van der Waals surface area contributed by atoms with Crippen LogP contribution in [0.2, 0.25) is 0 Å². The Balaban J connectivity index is 1.61. The largest absolute Gasteiger partial charge is 0.507 e. The lowest BCUT2D eigenvalue weighted by atomic mass is 10.1. The van der Waals surface area contributed by atoms with E-state index in [9.17, 15) is 5.11 Å². The number of benzene rings is 3. The third kappa shape index (κ3) is 7.09. The minimum absolute atomic E-state index is 0.0391. The monoisotopic (exact) mass is 490 g/mol. The zero-order valence-electron chi connectivity index (χ0n) is 19.1. The van der Waals surface area contributed by atoms with E-state index in [4.69, 9.17) is 24.4 Å². The van der Waals surface area contributed by atoms with Crippen LogP contribution in [0.25, 0.3) is 0 Å². The molecule has 0 saturated carbocycles. The highest BCUT2D eigenvalue weighted by atomic mass is 32.1. The van der Waals surface area contributed by atoms with E-state index in [2.05, 4.69) is 31.7 Å². The van der Waals surface area contributed by atoms with Gasteiger partial charge in [-0.1, -0.05) is 36.4 Å². The lowest BCUT2D eigenvalue weighted by Gasteiger charge is -2.10. The average Bonchev–Trinajstić information content (AvgIpc) is 2.79. The highest BCUT2D eigenvalue weighted by Crippen LogP contribution is 2.22. The number of hydrogen-bond acceptors (Lipinski definition) is 5. The Morgan fingerprint density at radius 3 is 1.56 bits per heavy atom. The minimum atomic E-state index is 0.0391. The number of hydrogen-bond donors (Lipinski definition) is 5. The number of aromatic hydroxyl groups is 1. The molecular formula is C25H26N6OS2. The van der Waals surface area contributed by atoms with E-state index < -0.39 is 0 Å². The van der Waals surface area contributed by atoms with E-state index in [1.165, 1.54) is 12.4 Å². The normalized spacial score (nSPS) is 10.9. The van der Waals surface area contributed by atoms with E-state index in [1.54, 1.807) is 0 Å². The van der Waals surface area contributed by atoms with Crippen molar-refractivity contribution in [2.75, 3.05) is 10.6 Å². The number of aryl methyl sites for hydroxylation is 3. The van der Waals surface area contributed by atoms with Gasteiger partial charge in [-0.15, -0.1) is 0 Å². The van der Waals surface area contributed by atoms with Gasteiger partial charge in [0, 0.05) is 22.5 Å². The lowest BCUT2D eigenvalue weighted by molar-refractivity contribution is 0.473. The van der Waals surface area contributed by atoms with Gasteiger partial charge in [-0.3, -0.25) is 10.9 Å². The van der Waals surface area contributed by atoms with Crippen molar-refractivity contribution in [3.63, 3.8) is 0 Å². The maximum atomic E-state index is 10.7. The first kappa shape index (κ1) is 24.8. The van der Waals surface area contributed by atoms with Crippen molar-refractivity contribution in [1.82, 2.24) is 10.9 Å². The van der Waals surface area contributed by atoms with Crippen LogP contribution in [-0.4, -0.2) is 27.8 Å². The molecule has 3 aromatic carbocycles. The number of hydrazone groups is 2. The van der Waals surface area contributed by atoms with E-state index in [-0.39, 0.29) is 5.75 Å². The van der Waals surface area contributed by atoms with E-state index in [0.717, 1.165) is 28.1 Å². The number of para-hydroxylation sites is 2. The van der Waals surface area contributed by atoms with Crippen LogP contribution in [-0.2, 0) is 0 Å². The molecule has 0 unspecified atom stereocenters. The maximum absolute atomic E-state index is 10.7.